The first kappa shape index (κ1) is 21.6. The zero-order valence-electron chi connectivity index (χ0n) is 15.3. The first-order chi connectivity index (χ1) is 14.2. The third-order valence-electron chi connectivity index (χ3n) is 3.93. The Morgan fingerprint density at radius 1 is 1.23 bits per heavy atom. The van der Waals surface area contributed by atoms with Crippen molar-refractivity contribution in [1.82, 2.24) is 14.9 Å². The number of amides is 1. The largest absolute Gasteiger partial charge is 0.497 e. The summed E-state index contributed by atoms with van der Waals surface area (Å²) in [6.07, 6.45) is -2.47. The number of nitrogens with one attached hydrogen (secondary N) is 2. The number of pyridine rings is 1. The highest BCUT2D eigenvalue weighted by molar-refractivity contribution is 7.80. The van der Waals surface area contributed by atoms with Crippen molar-refractivity contribution >= 4 is 40.5 Å². The van der Waals surface area contributed by atoms with Gasteiger partial charge in [0.05, 0.1) is 17.7 Å². The molecule has 3 aromatic rings. The van der Waals surface area contributed by atoms with Gasteiger partial charge < -0.3 is 10.1 Å². The van der Waals surface area contributed by atoms with Crippen LogP contribution >= 0.6 is 23.8 Å². The number of halogens is 4. The molecule has 2 aromatic heterocycles. The lowest BCUT2D eigenvalue weighted by molar-refractivity contribution is -0.137. The molecule has 0 fully saturated rings. The molecule has 0 radical (unpaired) electrons. The summed E-state index contributed by atoms with van der Waals surface area (Å²) in [5, 5.41) is 5.13. The zero-order chi connectivity index (χ0) is 21.9. The van der Waals surface area contributed by atoms with E-state index in [0.29, 0.717) is 17.6 Å². The molecule has 1 amide bonds. The molecular formula is C19H14ClF3N4O2S. The van der Waals surface area contributed by atoms with Gasteiger partial charge in [-0.1, -0.05) is 11.6 Å². The van der Waals surface area contributed by atoms with Crippen molar-refractivity contribution in [2.75, 3.05) is 12.4 Å². The minimum atomic E-state index is -4.58. The van der Waals surface area contributed by atoms with Gasteiger partial charge in [-0.2, -0.15) is 13.2 Å². The van der Waals surface area contributed by atoms with E-state index in [9.17, 15) is 18.0 Å². The first-order valence-electron chi connectivity index (χ1n) is 8.36. The van der Waals surface area contributed by atoms with Gasteiger partial charge in [-0.15, -0.1) is 0 Å². The highest BCUT2D eigenvalue weighted by Gasteiger charge is 2.32. The van der Waals surface area contributed by atoms with Crippen LogP contribution in [0.2, 0.25) is 5.02 Å². The summed E-state index contributed by atoms with van der Waals surface area (Å²) in [4.78, 5) is 16.4. The monoisotopic (exact) mass is 454 g/mol. The van der Waals surface area contributed by atoms with E-state index >= 15 is 0 Å². The second kappa shape index (κ2) is 8.72. The van der Waals surface area contributed by atoms with E-state index in [2.05, 4.69) is 15.6 Å². The molecule has 1 aromatic carbocycles. The first-order valence-corrected chi connectivity index (χ1v) is 9.14. The van der Waals surface area contributed by atoms with Crippen molar-refractivity contribution < 1.29 is 22.7 Å². The fraction of sp³-hybridized carbons (Fsp3) is 0.105. The number of aromatic nitrogens is 2. The average molecular weight is 455 g/mol. The number of carbonyl (C=O) groups excluding carboxylic acids is 1. The highest BCUT2D eigenvalue weighted by atomic mass is 35.5. The van der Waals surface area contributed by atoms with Crippen molar-refractivity contribution in [1.29, 1.82) is 0 Å². The molecule has 0 saturated carbocycles. The van der Waals surface area contributed by atoms with Gasteiger partial charge in [0.2, 0.25) is 0 Å². The molecule has 0 aliphatic rings. The normalized spacial score (nSPS) is 11.1. The lowest BCUT2D eigenvalue weighted by atomic mass is 10.2. The minimum absolute atomic E-state index is 0.0196. The van der Waals surface area contributed by atoms with Gasteiger partial charge in [-0.05, 0) is 54.7 Å². The smallest absolute Gasteiger partial charge is 0.417 e. The van der Waals surface area contributed by atoms with Gasteiger partial charge in [0.15, 0.2) is 10.9 Å². The Labute approximate surface area is 179 Å². The molecular weight excluding hydrogens is 441 g/mol. The van der Waals surface area contributed by atoms with E-state index in [0.717, 1.165) is 6.07 Å². The zero-order valence-corrected chi connectivity index (χ0v) is 16.9. The molecule has 0 aliphatic carbocycles. The van der Waals surface area contributed by atoms with Crippen LogP contribution in [0.15, 0.2) is 54.9 Å². The Bertz CT molecular complexity index is 1080. The topological polar surface area (TPSA) is 68.2 Å². The SMILES string of the molecule is COc1ccc(NC(=S)NC(=O)c2cccn2-c2ncc(C(F)(F)F)cc2Cl)cc1. The van der Waals surface area contributed by atoms with Crippen LogP contribution in [0.3, 0.4) is 0 Å². The summed E-state index contributed by atoms with van der Waals surface area (Å²) in [6, 6.07) is 10.6. The molecule has 11 heteroatoms. The predicted octanol–water partition coefficient (Wildman–Crippen LogP) is 4.68. The second-order valence-electron chi connectivity index (χ2n) is 5.93. The molecule has 6 nitrogen and oxygen atoms in total. The summed E-state index contributed by atoms with van der Waals surface area (Å²) in [5.41, 5.74) is -0.272. The maximum absolute atomic E-state index is 12.8. The molecule has 2 N–H and O–H groups in total. The van der Waals surface area contributed by atoms with E-state index in [1.165, 1.54) is 22.9 Å². The van der Waals surface area contributed by atoms with Crippen LogP contribution in [0.5, 0.6) is 5.75 Å². The van der Waals surface area contributed by atoms with Crippen LogP contribution < -0.4 is 15.4 Å². The highest BCUT2D eigenvalue weighted by Crippen LogP contribution is 2.32. The van der Waals surface area contributed by atoms with Crippen LogP contribution in [0.1, 0.15) is 16.1 Å². The number of hydrogen-bond donors (Lipinski definition) is 2. The van der Waals surface area contributed by atoms with Gasteiger partial charge in [-0.25, -0.2) is 4.98 Å². The quantitative estimate of drug-likeness (QED) is 0.560. The van der Waals surface area contributed by atoms with Crippen molar-refractivity contribution in [2.45, 2.75) is 6.18 Å². The molecule has 0 unspecified atom stereocenters. The van der Waals surface area contributed by atoms with Gasteiger partial charge >= 0.3 is 6.18 Å². The van der Waals surface area contributed by atoms with Gasteiger partial charge in [-0.3, -0.25) is 14.7 Å². The molecule has 156 valence electrons. The lowest BCUT2D eigenvalue weighted by Crippen LogP contribution is -2.35. The molecule has 0 saturated heterocycles. The van der Waals surface area contributed by atoms with E-state index in [1.54, 1.807) is 31.4 Å². The number of hydrogen-bond acceptors (Lipinski definition) is 4. The third kappa shape index (κ3) is 4.89. The maximum Gasteiger partial charge on any atom is 0.417 e. The Kier molecular flexibility index (Phi) is 6.28. The second-order valence-corrected chi connectivity index (χ2v) is 6.74. The van der Waals surface area contributed by atoms with E-state index in [4.69, 9.17) is 28.6 Å². The number of rotatable bonds is 4. The summed E-state index contributed by atoms with van der Waals surface area (Å²) in [7, 11) is 1.54. The van der Waals surface area contributed by atoms with Crippen LogP contribution in [0.4, 0.5) is 18.9 Å². The van der Waals surface area contributed by atoms with Crippen molar-refractivity contribution in [3.05, 3.63) is 71.1 Å². The number of nitrogens with zero attached hydrogens (tertiary/aromatic N) is 2. The van der Waals surface area contributed by atoms with Crippen LogP contribution in [-0.2, 0) is 6.18 Å². The Morgan fingerprint density at radius 3 is 2.53 bits per heavy atom. The minimum Gasteiger partial charge on any atom is -0.497 e. The molecule has 30 heavy (non-hydrogen) atoms. The number of carbonyl (C=O) groups is 1. The number of methoxy groups -OCH3 is 1. The molecule has 3 rings (SSSR count). The number of alkyl halides is 3. The lowest BCUT2D eigenvalue weighted by Gasteiger charge is -2.13. The Morgan fingerprint density at radius 2 is 1.93 bits per heavy atom. The third-order valence-corrected chi connectivity index (χ3v) is 4.42. The fourth-order valence-corrected chi connectivity index (χ4v) is 2.99. The van der Waals surface area contributed by atoms with E-state index in [-0.39, 0.29) is 21.6 Å². The van der Waals surface area contributed by atoms with E-state index in [1.807, 2.05) is 0 Å². The summed E-state index contributed by atoms with van der Waals surface area (Å²) >= 11 is 11.1. The standard InChI is InChI=1S/C19H14ClF3N4O2S/c1-29-13-6-4-12(5-7-13)25-18(30)26-17(28)15-3-2-8-27(15)16-14(20)9-11(10-24-16)19(21,22)23/h2-10H,1H3,(H2,25,26,28,30). The number of anilines is 1. The Balaban J connectivity index is 1.75. The van der Waals surface area contributed by atoms with Crippen LogP contribution in [0.25, 0.3) is 5.82 Å². The number of ether oxygens (including phenoxy) is 1. The summed E-state index contributed by atoms with van der Waals surface area (Å²) < 4.78 is 44.8. The number of thiocarbonyl (C=S) groups is 1. The van der Waals surface area contributed by atoms with Crippen LogP contribution in [-0.4, -0.2) is 27.7 Å². The average Bonchev–Trinajstić information content (AvgIpc) is 3.17. The summed E-state index contributed by atoms with van der Waals surface area (Å²) in [5.74, 6) is 0.0480. The van der Waals surface area contributed by atoms with Gasteiger partial charge in [0.1, 0.15) is 11.4 Å². The van der Waals surface area contributed by atoms with Gasteiger partial charge in [0.25, 0.3) is 5.91 Å². The van der Waals surface area contributed by atoms with Crippen molar-refractivity contribution in [3.8, 4) is 11.6 Å². The predicted molar refractivity (Wildman–Crippen MR) is 110 cm³/mol. The molecule has 0 aliphatic heterocycles. The van der Waals surface area contributed by atoms with Crippen LogP contribution in [0, 0.1) is 0 Å². The van der Waals surface area contributed by atoms with E-state index < -0.39 is 17.6 Å². The maximum atomic E-state index is 12.8. The number of benzene rings is 1. The molecule has 0 atom stereocenters. The molecule has 0 spiro atoms. The van der Waals surface area contributed by atoms with Gasteiger partial charge in [0, 0.05) is 18.1 Å². The Hall–Kier alpha value is -3.11. The molecule has 0 bridgehead atoms. The summed E-state index contributed by atoms with van der Waals surface area (Å²) in [6.45, 7) is 0. The van der Waals surface area contributed by atoms with Crippen molar-refractivity contribution in [3.63, 3.8) is 0 Å². The molecule has 2 heterocycles. The van der Waals surface area contributed by atoms with Crippen molar-refractivity contribution in [2.24, 2.45) is 0 Å². The fourth-order valence-electron chi connectivity index (χ4n) is 2.52.